The Bertz CT molecular complexity index is 233. The molecule has 60 valence electrons. The number of rotatable bonds is 2. The number of hydrogen-bond donors (Lipinski definition) is 1. The van der Waals surface area contributed by atoms with Gasteiger partial charge in [0.2, 0.25) is 0 Å². The molecular weight excluding hydrogens is 143 g/mol. The van der Waals surface area contributed by atoms with Crippen molar-refractivity contribution in [2.45, 2.75) is 19.4 Å². The van der Waals surface area contributed by atoms with Crippen LogP contribution in [0.3, 0.4) is 0 Å². The van der Waals surface area contributed by atoms with Gasteiger partial charge in [-0.1, -0.05) is 18.2 Å². The van der Waals surface area contributed by atoms with Crippen molar-refractivity contribution in [3.8, 4) is 0 Å². The van der Waals surface area contributed by atoms with Crippen LogP contribution in [0.25, 0.3) is 0 Å². The second kappa shape index (κ2) is 3.49. The van der Waals surface area contributed by atoms with Crippen LogP contribution < -0.4 is 0 Å². The fourth-order valence-electron chi connectivity index (χ4n) is 0.982. The van der Waals surface area contributed by atoms with Gasteiger partial charge in [-0.3, -0.25) is 0 Å². The van der Waals surface area contributed by atoms with Gasteiger partial charge in [-0.2, -0.15) is 0 Å². The van der Waals surface area contributed by atoms with Crippen molar-refractivity contribution in [1.82, 2.24) is 0 Å². The third-order valence-corrected chi connectivity index (χ3v) is 1.47. The van der Waals surface area contributed by atoms with Gasteiger partial charge >= 0.3 is 0 Å². The minimum absolute atomic E-state index is 0.242. The highest BCUT2D eigenvalue weighted by Crippen LogP contribution is 2.08. The van der Waals surface area contributed by atoms with Gasteiger partial charge in [0.1, 0.15) is 5.82 Å². The number of aliphatic hydroxyl groups excluding tert-OH is 1. The van der Waals surface area contributed by atoms with E-state index in [0.29, 0.717) is 12.0 Å². The van der Waals surface area contributed by atoms with E-state index in [1.807, 2.05) is 0 Å². The Kier molecular flexibility index (Phi) is 2.60. The molecule has 0 heterocycles. The number of benzene rings is 1. The van der Waals surface area contributed by atoms with Crippen molar-refractivity contribution >= 4 is 0 Å². The van der Waals surface area contributed by atoms with Gasteiger partial charge in [-0.15, -0.1) is 0 Å². The molecular formula is C9H11FO. The topological polar surface area (TPSA) is 20.2 Å². The predicted molar refractivity (Wildman–Crippen MR) is 41.8 cm³/mol. The van der Waals surface area contributed by atoms with E-state index in [4.69, 9.17) is 5.11 Å². The molecule has 0 saturated heterocycles. The van der Waals surface area contributed by atoms with Crippen molar-refractivity contribution in [1.29, 1.82) is 0 Å². The van der Waals surface area contributed by atoms with Crippen LogP contribution in [0.1, 0.15) is 12.5 Å². The van der Waals surface area contributed by atoms with Crippen LogP contribution in [-0.2, 0) is 6.42 Å². The smallest absolute Gasteiger partial charge is 0.126 e. The second-order valence-electron chi connectivity index (χ2n) is 2.64. The van der Waals surface area contributed by atoms with Gasteiger partial charge in [-0.05, 0) is 18.6 Å². The van der Waals surface area contributed by atoms with E-state index in [2.05, 4.69) is 0 Å². The van der Waals surface area contributed by atoms with Crippen LogP contribution in [-0.4, -0.2) is 11.2 Å². The highest BCUT2D eigenvalue weighted by molar-refractivity contribution is 5.17. The predicted octanol–water partition coefficient (Wildman–Crippen LogP) is 1.75. The van der Waals surface area contributed by atoms with Crippen molar-refractivity contribution < 1.29 is 9.50 Å². The van der Waals surface area contributed by atoms with Crippen molar-refractivity contribution in [3.05, 3.63) is 35.6 Å². The molecule has 1 nitrogen and oxygen atoms in total. The molecule has 2 heteroatoms. The minimum Gasteiger partial charge on any atom is -0.393 e. The molecule has 0 amide bonds. The molecule has 11 heavy (non-hydrogen) atoms. The van der Waals surface area contributed by atoms with E-state index < -0.39 is 6.10 Å². The van der Waals surface area contributed by atoms with Crippen LogP contribution in [0, 0.1) is 5.82 Å². The lowest BCUT2D eigenvalue weighted by Crippen LogP contribution is -2.05. The van der Waals surface area contributed by atoms with Crippen LogP contribution in [0.2, 0.25) is 0 Å². The monoisotopic (exact) mass is 154 g/mol. The summed E-state index contributed by atoms with van der Waals surface area (Å²) in [4.78, 5) is 0. The zero-order valence-corrected chi connectivity index (χ0v) is 6.42. The molecule has 0 saturated carbocycles. The summed E-state index contributed by atoms with van der Waals surface area (Å²) in [5.41, 5.74) is 0.572. The standard InChI is InChI=1S/C9H11FO/c1-7(11)6-8-4-2-3-5-9(8)10/h2-5,7,11H,6H2,1H3/t7-/m1/s1. The van der Waals surface area contributed by atoms with Crippen molar-refractivity contribution in [2.75, 3.05) is 0 Å². The van der Waals surface area contributed by atoms with Gasteiger partial charge in [0.25, 0.3) is 0 Å². The van der Waals surface area contributed by atoms with E-state index in [-0.39, 0.29) is 5.82 Å². The van der Waals surface area contributed by atoms with Gasteiger partial charge in [0.05, 0.1) is 6.10 Å². The Morgan fingerprint density at radius 1 is 1.45 bits per heavy atom. The molecule has 0 aliphatic heterocycles. The van der Waals surface area contributed by atoms with Gasteiger partial charge < -0.3 is 5.11 Å². The maximum absolute atomic E-state index is 12.8. The van der Waals surface area contributed by atoms with Gasteiger partial charge in [-0.25, -0.2) is 4.39 Å². The summed E-state index contributed by atoms with van der Waals surface area (Å²) in [5.74, 6) is -0.242. The molecule has 0 spiro atoms. The Hall–Kier alpha value is -0.890. The zero-order valence-electron chi connectivity index (χ0n) is 6.42. The van der Waals surface area contributed by atoms with Crippen molar-refractivity contribution in [2.24, 2.45) is 0 Å². The lowest BCUT2D eigenvalue weighted by Gasteiger charge is -2.04. The first-order valence-electron chi connectivity index (χ1n) is 3.61. The van der Waals surface area contributed by atoms with Crippen LogP contribution in [0.4, 0.5) is 4.39 Å². The lowest BCUT2D eigenvalue weighted by molar-refractivity contribution is 0.194. The van der Waals surface area contributed by atoms with Crippen molar-refractivity contribution in [3.63, 3.8) is 0 Å². The van der Waals surface area contributed by atoms with E-state index in [0.717, 1.165) is 0 Å². The SMILES string of the molecule is C[C@@H](O)Cc1ccccc1F. The Labute approximate surface area is 65.5 Å². The normalized spacial score (nSPS) is 13.0. The summed E-state index contributed by atoms with van der Waals surface area (Å²) in [7, 11) is 0. The molecule has 0 bridgehead atoms. The average molecular weight is 154 g/mol. The molecule has 0 aliphatic rings. The van der Waals surface area contributed by atoms with Crippen LogP contribution in [0.5, 0.6) is 0 Å². The summed E-state index contributed by atoms with van der Waals surface area (Å²) >= 11 is 0. The average Bonchev–Trinajstić information content (AvgIpc) is 1.93. The molecule has 1 aromatic rings. The maximum Gasteiger partial charge on any atom is 0.126 e. The van der Waals surface area contributed by atoms with Crippen LogP contribution in [0.15, 0.2) is 24.3 Å². The first kappa shape index (κ1) is 8.21. The molecule has 0 aliphatic carbocycles. The van der Waals surface area contributed by atoms with E-state index in [1.54, 1.807) is 25.1 Å². The second-order valence-corrected chi connectivity index (χ2v) is 2.64. The third-order valence-electron chi connectivity index (χ3n) is 1.47. The number of halogens is 1. The maximum atomic E-state index is 12.8. The molecule has 0 unspecified atom stereocenters. The fraction of sp³-hybridized carbons (Fsp3) is 0.333. The highest BCUT2D eigenvalue weighted by Gasteiger charge is 2.02. The third kappa shape index (κ3) is 2.31. The summed E-state index contributed by atoms with van der Waals surface area (Å²) in [6, 6.07) is 6.49. The van der Waals surface area contributed by atoms with Crippen LogP contribution >= 0.6 is 0 Å². The molecule has 0 fully saturated rings. The summed E-state index contributed by atoms with van der Waals surface area (Å²) in [5, 5.41) is 8.96. The quantitative estimate of drug-likeness (QED) is 0.688. The first-order valence-corrected chi connectivity index (χ1v) is 3.61. The first-order chi connectivity index (χ1) is 5.20. The Morgan fingerprint density at radius 3 is 2.64 bits per heavy atom. The summed E-state index contributed by atoms with van der Waals surface area (Å²) < 4.78 is 12.8. The zero-order chi connectivity index (χ0) is 8.27. The molecule has 0 aromatic heterocycles. The van der Waals surface area contributed by atoms with E-state index >= 15 is 0 Å². The number of hydrogen-bond acceptors (Lipinski definition) is 1. The summed E-state index contributed by atoms with van der Waals surface area (Å²) in [6.07, 6.45) is -0.0981. The molecule has 0 radical (unpaired) electrons. The lowest BCUT2D eigenvalue weighted by atomic mass is 10.1. The van der Waals surface area contributed by atoms with Gasteiger partial charge in [0.15, 0.2) is 0 Å². The van der Waals surface area contributed by atoms with E-state index in [1.165, 1.54) is 6.07 Å². The Balaban J connectivity index is 2.78. The Morgan fingerprint density at radius 2 is 2.09 bits per heavy atom. The molecule has 1 N–H and O–H groups in total. The molecule has 1 aromatic carbocycles. The minimum atomic E-state index is -0.480. The van der Waals surface area contributed by atoms with E-state index in [9.17, 15) is 4.39 Å². The summed E-state index contributed by atoms with van der Waals surface area (Å²) in [6.45, 7) is 1.65. The van der Waals surface area contributed by atoms with Gasteiger partial charge in [0, 0.05) is 6.42 Å². The molecule has 1 atom stereocenters. The molecule has 1 rings (SSSR count). The largest absolute Gasteiger partial charge is 0.393 e. The highest BCUT2D eigenvalue weighted by atomic mass is 19.1. The fourth-order valence-corrected chi connectivity index (χ4v) is 0.982. The number of aliphatic hydroxyl groups is 1.